The van der Waals surface area contributed by atoms with Crippen LogP contribution in [0.25, 0.3) is 17.2 Å². The molecule has 158 valence electrons. The third-order valence-corrected chi connectivity index (χ3v) is 4.42. The lowest BCUT2D eigenvalue weighted by Crippen LogP contribution is -2.22. The monoisotopic (exact) mass is 417 g/mol. The van der Waals surface area contributed by atoms with Crippen LogP contribution in [0.4, 0.5) is 11.6 Å². The number of pyridine rings is 1. The van der Waals surface area contributed by atoms with Crippen molar-refractivity contribution in [1.29, 1.82) is 5.26 Å². The van der Waals surface area contributed by atoms with Gasteiger partial charge in [0.1, 0.15) is 23.0 Å². The lowest BCUT2D eigenvalue weighted by atomic mass is 9.87. The van der Waals surface area contributed by atoms with E-state index in [2.05, 4.69) is 25.3 Å². The number of aromatic nitrogens is 4. The molecule has 3 heterocycles. The van der Waals surface area contributed by atoms with Crippen LogP contribution in [0.5, 0.6) is 0 Å². The lowest BCUT2D eigenvalue weighted by Gasteiger charge is -2.15. The minimum Gasteiger partial charge on any atom is -0.344 e. The fourth-order valence-corrected chi connectivity index (χ4v) is 2.77. The minimum atomic E-state index is -0.540. The third kappa shape index (κ3) is 4.75. The summed E-state index contributed by atoms with van der Waals surface area (Å²) in [6, 6.07) is 5.33. The van der Waals surface area contributed by atoms with Crippen molar-refractivity contribution in [1.82, 2.24) is 24.8 Å². The zero-order chi connectivity index (χ0) is 22.8. The summed E-state index contributed by atoms with van der Waals surface area (Å²) in [4.78, 5) is 42.1. The highest BCUT2D eigenvalue weighted by atomic mass is 16.2. The van der Waals surface area contributed by atoms with Crippen LogP contribution in [0.3, 0.4) is 0 Å². The number of H-pyrrole nitrogens is 1. The second-order valence-corrected chi connectivity index (χ2v) is 8.21. The number of carbonyl (C=O) groups is 2. The highest BCUT2D eigenvalue weighted by Crippen LogP contribution is 2.26. The molecule has 0 radical (unpaired) electrons. The van der Waals surface area contributed by atoms with E-state index in [4.69, 9.17) is 0 Å². The molecule has 0 atom stereocenters. The van der Waals surface area contributed by atoms with Gasteiger partial charge in [0.15, 0.2) is 17.2 Å². The zero-order valence-electron chi connectivity index (χ0n) is 18.0. The molecule has 0 bridgehead atoms. The average molecular weight is 417 g/mol. The number of nitrogens with zero attached hydrogens (tertiary/aromatic N) is 5. The third-order valence-electron chi connectivity index (χ3n) is 4.42. The predicted molar refractivity (Wildman–Crippen MR) is 117 cm³/mol. The molecule has 3 aromatic rings. The number of nitrogens with one attached hydrogen (secondary N) is 2. The van der Waals surface area contributed by atoms with Gasteiger partial charge in [-0.15, -0.1) is 0 Å². The largest absolute Gasteiger partial charge is 0.344 e. The molecule has 0 aliphatic rings. The molecule has 0 spiro atoms. The molecule has 0 aliphatic carbocycles. The molecule has 3 rings (SSSR count). The molecule has 0 unspecified atom stereocenters. The number of hydrogen-bond donors (Lipinski definition) is 2. The standard InChI is InChI=1S/C22H23N7O2/c1-22(2,3)19(30)15-11-25-20-18(15)28-17(12-26-20)27-16-7-6-13(10-24-16)8-14(9-23)21(31)29(4)5/h6-8,10-12H,1-5H3,(H,25,26)(H,24,27,28)/b14-8+. The van der Waals surface area contributed by atoms with Gasteiger partial charge in [0.05, 0.1) is 11.8 Å². The second-order valence-electron chi connectivity index (χ2n) is 8.21. The first-order valence-electron chi connectivity index (χ1n) is 9.55. The summed E-state index contributed by atoms with van der Waals surface area (Å²) < 4.78 is 0. The van der Waals surface area contributed by atoms with Gasteiger partial charge >= 0.3 is 0 Å². The van der Waals surface area contributed by atoms with Crippen molar-refractivity contribution in [3.63, 3.8) is 0 Å². The Hall–Kier alpha value is -4.06. The van der Waals surface area contributed by atoms with Gasteiger partial charge in [0.25, 0.3) is 5.91 Å². The fourth-order valence-electron chi connectivity index (χ4n) is 2.77. The number of hydrogen-bond acceptors (Lipinski definition) is 7. The summed E-state index contributed by atoms with van der Waals surface area (Å²) in [5.41, 5.74) is 1.60. The molecular weight excluding hydrogens is 394 g/mol. The summed E-state index contributed by atoms with van der Waals surface area (Å²) >= 11 is 0. The van der Waals surface area contributed by atoms with Gasteiger partial charge in [-0.1, -0.05) is 20.8 Å². The number of aromatic amines is 1. The summed E-state index contributed by atoms with van der Waals surface area (Å²) in [6.07, 6.45) is 6.20. The molecule has 9 nitrogen and oxygen atoms in total. The maximum atomic E-state index is 12.7. The Kier molecular flexibility index (Phi) is 5.83. The van der Waals surface area contributed by atoms with E-state index in [9.17, 15) is 14.9 Å². The van der Waals surface area contributed by atoms with E-state index in [0.29, 0.717) is 33.9 Å². The molecule has 1 amide bonds. The van der Waals surface area contributed by atoms with E-state index in [1.54, 1.807) is 44.8 Å². The zero-order valence-corrected chi connectivity index (χ0v) is 18.0. The Morgan fingerprint density at radius 1 is 1.16 bits per heavy atom. The SMILES string of the molecule is CN(C)C(=O)/C(C#N)=C/c1ccc(Nc2cnc3[nH]cc(C(=O)C(C)(C)C)c3n2)nc1. The number of fused-ring (bicyclic) bond motifs is 1. The number of ketones is 1. The number of rotatable bonds is 5. The average Bonchev–Trinajstić information content (AvgIpc) is 3.14. The van der Waals surface area contributed by atoms with Crippen molar-refractivity contribution in [3.05, 3.63) is 47.4 Å². The predicted octanol–water partition coefficient (Wildman–Crippen LogP) is 3.32. The van der Waals surface area contributed by atoms with Gasteiger partial charge in [-0.05, 0) is 23.8 Å². The van der Waals surface area contributed by atoms with E-state index in [-0.39, 0.29) is 17.3 Å². The summed E-state index contributed by atoms with van der Waals surface area (Å²) in [6.45, 7) is 5.56. The van der Waals surface area contributed by atoms with Crippen molar-refractivity contribution in [2.75, 3.05) is 19.4 Å². The van der Waals surface area contributed by atoms with Crippen LogP contribution in [-0.4, -0.2) is 50.6 Å². The van der Waals surface area contributed by atoms with E-state index < -0.39 is 5.41 Å². The molecule has 0 saturated carbocycles. The van der Waals surface area contributed by atoms with Crippen LogP contribution in [-0.2, 0) is 4.79 Å². The first-order valence-corrected chi connectivity index (χ1v) is 9.55. The second kappa shape index (κ2) is 8.36. The smallest absolute Gasteiger partial charge is 0.264 e. The Morgan fingerprint density at radius 3 is 2.48 bits per heavy atom. The lowest BCUT2D eigenvalue weighted by molar-refractivity contribution is -0.124. The molecule has 0 fully saturated rings. The normalized spacial score (nSPS) is 11.8. The van der Waals surface area contributed by atoms with Gasteiger partial charge in [0, 0.05) is 31.9 Å². The Labute approximate surface area is 179 Å². The van der Waals surface area contributed by atoms with E-state index in [1.165, 1.54) is 11.0 Å². The van der Waals surface area contributed by atoms with Crippen LogP contribution < -0.4 is 5.32 Å². The summed E-state index contributed by atoms with van der Waals surface area (Å²) in [5, 5.41) is 12.3. The molecule has 0 aromatic carbocycles. The number of amides is 1. The van der Waals surface area contributed by atoms with Gasteiger partial charge in [0.2, 0.25) is 0 Å². The van der Waals surface area contributed by atoms with Crippen molar-refractivity contribution >= 4 is 40.6 Å². The number of Topliss-reactive ketones (excluding diaryl/α,β-unsaturated/α-hetero) is 1. The van der Waals surface area contributed by atoms with Crippen LogP contribution in [0.1, 0.15) is 36.7 Å². The topological polar surface area (TPSA) is 128 Å². The Balaban J connectivity index is 1.84. The van der Waals surface area contributed by atoms with Crippen LogP contribution in [0.2, 0.25) is 0 Å². The van der Waals surface area contributed by atoms with Crippen molar-refractivity contribution in [3.8, 4) is 6.07 Å². The first kappa shape index (κ1) is 21.6. The van der Waals surface area contributed by atoms with Gasteiger partial charge in [-0.25, -0.2) is 15.0 Å². The maximum absolute atomic E-state index is 12.7. The first-order chi connectivity index (χ1) is 14.6. The van der Waals surface area contributed by atoms with Crippen LogP contribution >= 0.6 is 0 Å². The number of nitriles is 1. The summed E-state index contributed by atoms with van der Waals surface area (Å²) in [7, 11) is 3.17. The molecule has 2 N–H and O–H groups in total. The molecule has 3 aromatic heterocycles. The van der Waals surface area contributed by atoms with E-state index >= 15 is 0 Å². The quantitative estimate of drug-likeness (QED) is 0.370. The maximum Gasteiger partial charge on any atom is 0.264 e. The van der Waals surface area contributed by atoms with Crippen LogP contribution in [0, 0.1) is 16.7 Å². The highest BCUT2D eigenvalue weighted by Gasteiger charge is 2.26. The van der Waals surface area contributed by atoms with Gasteiger partial charge in [-0.3, -0.25) is 9.59 Å². The minimum absolute atomic E-state index is 0.0207. The number of carbonyl (C=O) groups excluding carboxylic acids is 2. The van der Waals surface area contributed by atoms with E-state index in [1.807, 2.05) is 26.8 Å². The van der Waals surface area contributed by atoms with Crippen molar-refractivity contribution in [2.45, 2.75) is 20.8 Å². The Bertz CT molecular complexity index is 1210. The Morgan fingerprint density at radius 2 is 1.90 bits per heavy atom. The van der Waals surface area contributed by atoms with Crippen LogP contribution in [0.15, 0.2) is 36.3 Å². The van der Waals surface area contributed by atoms with Crippen molar-refractivity contribution < 1.29 is 9.59 Å². The molecule has 0 aliphatic heterocycles. The number of likely N-dealkylation sites (N-methyl/N-ethyl adjacent to an activating group) is 1. The molecular formula is C22H23N7O2. The van der Waals surface area contributed by atoms with Crippen molar-refractivity contribution in [2.24, 2.45) is 5.41 Å². The highest BCUT2D eigenvalue weighted by molar-refractivity contribution is 6.08. The molecule has 0 saturated heterocycles. The fraction of sp³-hybridized carbons (Fsp3) is 0.273. The van der Waals surface area contributed by atoms with Gasteiger partial charge in [-0.2, -0.15) is 5.26 Å². The van der Waals surface area contributed by atoms with Gasteiger partial charge < -0.3 is 15.2 Å². The molecule has 31 heavy (non-hydrogen) atoms. The van der Waals surface area contributed by atoms with E-state index in [0.717, 1.165) is 0 Å². The molecule has 9 heteroatoms. The number of anilines is 2. The summed E-state index contributed by atoms with van der Waals surface area (Å²) in [5.74, 6) is 0.536.